The number of pyridine rings is 1. The smallest absolute Gasteiger partial charge is 0.133 e. The van der Waals surface area contributed by atoms with E-state index in [2.05, 4.69) is 40.6 Å². The minimum absolute atomic E-state index is 0.0486. The number of ether oxygens (including phenoxy) is 1. The highest BCUT2D eigenvalue weighted by molar-refractivity contribution is 5.43. The van der Waals surface area contributed by atoms with Crippen molar-refractivity contribution in [2.45, 2.75) is 51.6 Å². The maximum absolute atomic E-state index is 11.2. The Labute approximate surface area is 161 Å². The molecule has 146 valence electrons. The van der Waals surface area contributed by atoms with Crippen molar-refractivity contribution in [1.82, 2.24) is 15.0 Å². The highest BCUT2D eigenvalue weighted by Crippen LogP contribution is 2.40. The number of hydrogen-bond acceptors (Lipinski definition) is 6. The molecule has 6 nitrogen and oxygen atoms in total. The summed E-state index contributed by atoms with van der Waals surface area (Å²) in [6.45, 7) is 9.93. The molecule has 3 rings (SSSR count). The van der Waals surface area contributed by atoms with Crippen LogP contribution in [0.5, 0.6) is 5.75 Å². The fourth-order valence-electron chi connectivity index (χ4n) is 3.73. The summed E-state index contributed by atoms with van der Waals surface area (Å²) in [5.41, 5.74) is 0.773. The molecule has 2 aromatic heterocycles. The number of anilines is 1. The van der Waals surface area contributed by atoms with E-state index in [9.17, 15) is 5.11 Å². The van der Waals surface area contributed by atoms with Crippen LogP contribution in [-0.2, 0) is 11.0 Å². The van der Waals surface area contributed by atoms with E-state index in [-0.39, 0.29) is 11.3 Å². The molecular weight excluding hydrogens is 340 g/mol. The summed E-state index contributed by atoms with van der Waals surface area (Å²) in [6, 6.07) is 1.80. The highest BCUT2D eigenvalue weighted by Gasteiger charge is 2.38. The van der Waals surface area contributed by atoms with Gasteiger partial charge in [-0.3, -0.25) is 4.98 Å². The van der Waals surface area contributed by atoms with E-state index >= 15 is 0 Å². The van der Waals surface area contributed by atoms with Gasteiger partial charge >= 0.3 is 0 Å². The minimum Gasteiger partial charge on any atom is -0.496 e. The van der Waals surface area contributed by atoms with Gasteiger partial charge in [0.05, 0.1) is 30.8 Å². The van der Waals surface area contributed by atoms with Gasteiger partial charge in [-0.1, -0.05) is 20.8 Å². The fourth-order valence-corrected chi connectivity index (χ4v) is 3.73. The molecular formula is C21H30N4O2. The van der Waals surface area contributed by atoms with E-state index in [4.69, 9.17) is 4.74 Å². The van der Waals surface area contributed by atoms with Crippen LogP contribution in [0.15, 0.2) is 30.9 Å². The summed E-state index contributed by atoms with van der Waals surface area (Å²) in [5, 5.41) is 11.2. The summed E-state index contributed by atoms with van der Waals surface area (Å²) in [4.78, 5) is 15.5. The first-order valence-electron chi connectivity index (χ1n) is 9.52. The van der Waals surface area contributed by atoms with Gasteiger partial charge in [0.1, 0.15) is 11.6 Å². The monoisotopic (exact) mass is 370 g/mol. The number of piperidine rings is 1. The maximum atomic E-state index is 11.2. The standard InChI is InChI=1S/C21H30N4O2/c1-20(2,3)19-23-12-16(13-24-19)25-10-7-15(8-11-25)21(4,26)17-14-22-9-6-18(17)27-5/h6,9,12-15,26H,7-8,10-11H2,1-5H3. The lowest BCUT2D eigenvalue weighted by Gasteiger charge is -2.40. The second kappa shape index (κ2) is 7.43. The Morgan fingerprint density at radius 2 is 1.70 bits per heavy atom. The molecule has 6 heteroatoms. The van der Waals surface area contributed by atoms with Gasteiger partial charge in [-0.15, -0.1) is 0 Å². The average molecular weight is 370 g/mol. The number of rotatable bonds is 4. The summed E-state index contributed by atoms with van der Waals surface area (Å²) in [5.74, 6) is 1.68. The van der Waals surface area contributed by atoms with Crippen LogP contribution in [-0.4, -0.2) is 40.3 Å². The van der Waals surface area contributed by atoms with Crippen molar-refractivity contribution in [3.63, 3.8) is 0 Å². The molecule has 0 aliphatic carbocycles. The number of nitrogens with zero attached hydrogens (tertiary/aromatic N) is 4. The Hall–Kier alpha value is -2.21. The van der Waals surface area contributed by atoms with Crippen LogP contribution in [0.3, 0.4) is 0 Å². The summed E-state index contributed by atoms with van der Waals surface area (Å²) in [7, 11) is 1.62. The lowest BCUT2D eigenvalue weighted by molar-refractivity contribution is -0.0182. The van der Waals surface area contributed by atoms with E-state index < -0.39 is 5.60 Å². The topological polar surface area (TPSA) is 71.4 Å². The largest absolute Gasteiger partial charge is 0.496 e. The second-order valence-electron chi connectivity index (χ2n) is 8.50. The SMILES string of the molecule is COc1ccncc1C(C)(O)C1CCN(c2cnc(C(C)(C)C)nc2)CC1. The second-order valence-corrected chi connectivity index (χ2v) is 8.50. The van der Waals surface area contributed by atoms with E-state index in [0.717, 1.165) is 43.0 Å². The molecule has 0 spiro atoms. The molecule has 0 saturated carbocycles. The lowest BCUT2D eigenvalue weighted by Crippen LogP contribution is -2.42. The van der Waals surface area contributed by atoms with Gasteiger partial charge in [0, 0.05) is 36.5 Å². The average Bonchev–Trinajstić information content (AvgIpc) is 2.67. The van der Waals surface area contributed by atoms with Crippen molar-refractivity contribution in [3.05, 3.63) is 42.2 Å². The molecule has 3 heterocycles. The first-order valence-corrected chi connectivity index (χ1v) is 9.52. The van der Waals surface area contributed by atoms with Crippen LogP contribution in [0.2, 0.25) is 0 Å². The molecule has 1 atom stereocenters. The number of aromatic nitrogens is 3. The first-order chi connectivity index (χ1) is 12.7. The number of aliphatic hydroxyl groups is 1. The van der Waals surface area contributed by atoms with Crippen LogP contribution in [0.4, 0.5) is 5.69 Å². The maximum Gasteiger partial charge on any atom is 0.133 e. The lowest BCUT2D eigenvalue weighted by atomic mass is 9.77. The molecule has 1 fully saturated rings. The summed E-state index contributed by atoms with van der Waals surface area (Å²) >= 11 is 0. The van der Waals surface area contributed by atoms with Gasteiger partial charge in [-0.25, -0.2) is 9.97 Å². The molecule has 0 amide bonds. The Bertz CT molecular complexity index is 760. The quantitative estimate of drug-likeness (QED) is 0.890. The fraction of sp³-hybridized carbons (Fsp3) is 0.571. The van der Waals surface area contributed by atoms with Crippen LogP contribution in [0.1, 0.15) is 51.9 Å². The molecule has 1 aliphatic heterocycles. The van der Waals surface area contributed by atoms with Crippen molar-refractivity contribution in [3.8, 4) is 5.75 Å². The Morgan fingerprint density at radius 3 is 2.26 bits per heavy atom. The van der Waals surface area contributed by atoms with Gasteiger partial charge in [0.15, 0.2) is 0 Å². The van der Waals surface area contributed by atoms with E-state index in [1.807, 2.05) is 19.3 Å². The van der Waals surface area contributed by atoms with Crippen molar-refractivity contribution >= 4 is 5.69 Å². The normalized spacial score (nSPS) is 18.2. The van der Waals surface area contributed by atoms with Crippen molar-refractivity contribution < 1.29 is 9.84 Å². The third-order valence-electron chi connectivity index (χ3n) is 5.51. The molecule has 0 radical (unpaired) electrons. The van der Waals surface area contributed by atoms with Crippen LogP contribution < -0.4 is 9.64 Å². The zero-order chi connectivity index (χ0) is 19.7. The van der Waals surface area contributed by atoms with Gasteiger partial charge in [-0.05, 0) is 31.7 Å². The molecule has 1 saturated heterocycles. The molecule has 0 aromatic carbocycles. The summed E-state index contributed by atoms with van der Waals surface area (Å²) < 4.78 is 5.42. The van der Waals surface area contributed by atoms with E-state index in [1.165, 1.54) is 0 Å². The summed E-state index contributed by atoms with van der Waals surface area (Å²) in [6.07, 6.45) is 8.98. The van der Waals surface area contributed by atoms with Crippen LogP contribution >= 0.6 is 0 Å². The third-order valence-corrected chi connectivity index (χ3v) is 5.51. The molecule has 27 heavy (non-hydrogen) atoms. The van der Waals surface area contributed by atoms with Crippen LogP contribution in [0, 0.1) is 5.92 Å². The van der Waals surface area contributed by atoms with Gasteiger partial charge in [0.2, 0.25) is 0 Å². The molecule has 1 aliphatic rings. The third kappa shape index (κ3) is 4.05. The highest BCUT2D eigenvalue weighted by atomic mass is 16.5. The molecule has 0 bridgehead atoms. The van der Waals surface area contributed by atoms with Crippen LogP contribution in [0.25, 0.3) is 0 Å². The minimum atomic E-state index is -0.974. The first kappa shape index (κ1) is 19.5. The predicted molar refractivity (Wildman–Crippen MR) is 106 cm³/mol. The molecule has 1 unspecified atom stereocenters. The van der Waals surface area contributed by atoms with Crippen molar-refractivity contribution in [2.24, 2.45) is 5.92 Å². The van der Waals surface area contributed by atoms with Gasteiger partial charge in [0.25, 0.3) is 0 Å². The Morgan fingerprint density at radius 1 is 1.07 bits per heavy atom. The number of methoxy groups -OCH3 is 1. The Balaban J connectivity index is 1.69. The van der Waals surface area contributed by atoms with Crippen molar-refractivity contribution in [1.29, 1.82) is 0 Å². The number of hydrogen-bond donors (Lipinski definition) is 1. The predicted octanol–water partition coefficient (Wildman–Crippen LogP) is 3.30. The molecule has 2 aromatic rings. The van der Waals surface area contributed by atoms with Crippen molar-refractivity contribution in [2.75, 3.05) is 25.1 Å². The zero-order valence-electron chi connectivity index (χ0n) is 16.9. The van der Waals surface area contributed by atoms with E-state index in [1.54, 1.807) is 25.6 Å². The van der Waals surface area contributed by atoms with Gasteiger partial charge < -0.3 is 14.7 Å². The van der Waals surface area contributed by atoms with Gasteiger partial charge in [-0.2, -0.15) is 0 Å². The zero-order valence-corrected chi connectivity index (χ0v) is 16.9. The van der Waals surface area contributed by atoms with E-state index in [0.29, 0.717) is 5.75 Å². The molecule has 1 N–H and O–H groups in total. The Kier molecular flexibility index (Phi) is 5.38.